The lowest BCUT2D eigenvalue weighted by atomic mass is 10.3. The van der Waals surface area contributed by atoms with Crippen LogP contribution in [0.3, 0.4) is 0 Å². The van der Waals surface area contributed by atoms with Gasteiger partial charge in [-0.3, -0.25) is 0 Å². The van der Waals surface area contributed by atoms with Gasteiger partial charge in [0.1, 0.15) is 28.4 Å². The van der Waals surface area contributed by atoms with Gasteiger partial charge in [0, 0.05) is 24.3 Å². The number of halogens is 3. The Kier molecular flexibility index (Phi) is 19.2. The molecule has 0 amide bonds. The molecule has 0 spiro atoms. The molecule has 0 N–H and O–H groups in total. The fraction of sp³-hybridized carbons (Fsp3) is 0.500. The summed E-state index contributed by atoms with van der Waals surface area (Å²) in [7, 11) is -0.714. The Bertz CT molecular complexity index is 1290. The Balaban J connectivity index is 0.00000112. The van der Waals surface area contributed by atoms with Crippen LogP contribution in [-0.2, 0) is 15.7 Å². The lowest BCUT2D eigenvalue weighted by molar-refractivity contribution is -0.344. The molecule has 8 nitrogen and oxygen atoms in total. The van der Waals surface area contributed by atoms with Crippen molar-refractivity contribution >= 4 is 16.9 Å². The highest BCUT2D eigenvalue weighted by Gasteiger charge is 2.42. The highest BCUT2D eigenvalue weighted by Crippen LogP contribution is 2.51. The van der Waals surface area contributed by atoms with E-state index < -0.39 is 23.0 Å². The zero-order valence-corrected chi connectivity index (χ0v) is 30.8. The van der Waals surface area contributed by atoms with Crippen LogP contribution in [-0.4, -0.2) is 51.8 Å². The minimum atomic E-state index is -5.19. The molecule has 0 saturated carbocycles. The predicted molar refractivity (Wildman–Crippen MR) is 187 cm³/mol. The molecular formula is C38H51F3O8S. The van der Waals surface area contributed by atoms with Gasteiger partial charge in [0.25, 0.3) is 9.79 Å². The standard InChI is InChI=1S/C36H51O6S.C2HF3O2/c1-7-18-37-28-24-31(39-20-9-3)35(32(25-28)40-21-10-4)43(30-16-14-13-15-17-30)36-33(41-22-11-5)26-29(38-19-8-2)27-34(36)42-23-12-6;3-2(4,5)1(6)7/h13-17,24-27H,7-12,18-23H2,1-6H3;(H,6,7)/q+1;/p-1. The van der Waals surface area contributed by atoms with Crippen LogP contribution in [0.5, 0.6) is 34.5 Å². The molecule has 0 aliphatic rings. The van der Waals surface area contributed by atoms with Crippen LogP contribution in [0.1, 0.15) is 80.1 Å². The van der Waals surface area contributed by atoms with Crippen molar-refractivity contribution in [3.63, 3.8) is 0 Å². The van der Waals surface area contributed by atoms with Crippen molar-refractivity contribution < 1.29 is 51.5 Å². The number of carbonyl (C=O) groups excluding carboxylic acids is 1. The summed E-state index contributed by atoms with van der Waals surface area (Å²) in [6.07, 6.45) is 0.141. The van der Waals surface area contributed by atoms with Crippen molar-refractivity contribution in [3.8, 4) is 34.5 Å². The van der Waals surface area contributed by atoms with Crippen LogP contribution in [0.15, 0.2) is 69.3 Å². The van der Waals surface area contributed by atoms with Gasteiger partial charge >= 0.3 is 6.18 Å². The zero-order valence-electron chi connectivity index (χ0n) is 30.0. The lowest BCUT2D eigenvalue weighted by Gasteiger charge is -2.21. The molecule has 0 aliphatic heterocycles. The van der Waals surface area contributed by atoms with E-state index in [9.17, 15) is 13.2 Å². The second-order valence-electron chi connectivity index (χ2n) is 11.0. The van der Waals surface area contributed by atoms with E-state index in [1.807, 2.05) is 30.3 Å². The molecule has 0 bridgehead atoms. The van der Waals surface area contributed by atoms with E-state index in [1.165, 1.54) is 0 Å². The third-order valence-corrected chi connectivity index (χ3v) is 8.76. The molecule has 50 heavy (non-hydrogen) atoms. The van der Waals surface area contributed by atoms with E-state index >= 15 is 0 Å². The molecule has 3 rings (SSSR count). The summed E-state index contributed by atoms with van der Waals surface area (Å²) in [4.78, 5) is 11.8. The third-order valence-electron chi connectivity index (χ3n) is 6.40. The SMILES string of the molecule is CCCOc1cc(OCCC)c([S+](c2ccccc2)c2c(OCCC)cc(OCCC)cc2OCCC)c(OCCC)c1.O=C([O-])C(F)(F)F. The summed E-state index contributed by atoms with van der Waals surface area (Å²) < 4.78 is 69.8. The second kappa shape index (κ2) is 22.7. The first-order valence-corrected chi connectivity index (χ1v) is 18.5. The predicted octanol–water partition coefficient (Wildman–Crippen LogP) is 8.81. The van der Waals surface area contributed by atoms with Gasteiger partial charge in [0.05, 0.1) is 39.6 Å². The fourth-order valence-electron chi connectivity index (χ4n) is 4.29. The summed E-state index contributed by atoms with van der Waals surface area (Å²) >= 11 is 0. The van der Waals surface area contributed by atoms with Crippen LogP contribution < -0.4 is 33.5 Å². The van der Waals surface area contributed by atoms with Crippen molar-refractivity contribution in [2.24, 2.45) is 0 Å². The molecule has 0 saturated heterocycles. The molecule has 0 fully saturated rings. The molecule has 3 aromatic carbocycles. The first-order chi connectivity index (χ1) is 24.1. The van der Waals surface area contributed by atoms with Gasteiger partial charge in [-0.25, -0.2) is 0 Å². The van der Waals surface area contributed by atoms with Gasteiger partial charge in [-0.1, -0.05) is 59.7 Å². The summed E-state index contributed by atoms with van der Waals surface area (Å²) in [6.45, 7) is 16.2. The maximum absolute atomic E-state index is 10.5. The highest BCUT2D eigenvalue weighted by atomic mass is 32.2. The van der Waals surface area contributed by atoms with E-state index in [1.54, 1.807) is 0 Å². The number of carboxylic acid groups (broad SMARTS) is 1. The summed E-state index contributed by atoms with van der Waals surface area (Å²) in [5.74, 6) is 1.49. The third kappa shape index (κ3) is 13.4. The lowest BCUT2D eigenvalue weighted by Crippen LogP contribution is -2.37. The van der Waals surface area contributed by atoms with Crippen molar-refractivity contribution in [3.05, 3.63) is 54.6 Å². The Labute approximate surface area is 297 Å². The molecule has 3 aromatic rings. The molecule has 0 atom stereocenters. The Morgan fingerprint density at radius 1 is 0.560 bits per heavy atom. The average molecular weight is 725 g/mol. The summed E-state index contributed by atoms with van der Waals surface area (Å²) in [5, 5.41) is 8.78. The second-order valence-corrected chi connectivity index (χ2v) is 12.9. The minimum absolute atomic E-state index is 0.575. The number of carboxylic acids is 1. The van der Waals surface area contributed by atoms with E-state index in [0.29, 0.717) is 39.6 Å². The van der Waals surface area contributed by atoms with E-state index in [4.69, 9.17) is 38.3 Å². The maximum Gasteiger partial charge on any atom is 0.430 e. The van der Waals surface area contributed by atoms with Gasteiger partial charge in [-0.15, -0.1) is 0 Å². The molecule has 278 valence electrons. The van der Waals surface area contributed by atoms with Gasteiger partial charge in [-0.05, 0) is 50.7 Å². The van der Waals surface area contributed by atoms with Crippen LogP contribution in [0.25, 0.3) is 0 Å². The number of benzene rings is 3. The van der Waals surface area contributed by atoms with Gasteiger partial charge < -0.3 is 38.3 Å². The Hall–Kier alpha value is -3.93. The Morgan fingerprint density at radius 2 is 0.840 bits per heavy atom. The van der Waals surface area contributed by atoms with Crippen LogP contribution >= 0.6 is 0 Å². The number of ether oxygens (including phenoxy) is 6. The monoisotopic (exact) mass is 724 g/mol. The number of alkyl halides is 3. The normalized spacial score (nSPS) is 11.0. The molecular weight excluding hydrogens is 673 g/mol. The number of hydrogen-bond donors (Lipinski definition) is 0. The van der Waals surface area contributed by atoms with Gasteiger partial charge in [0.15, 0.2) is 27.9 Å². The smallest absolute Gasteiger partial charge is 0.430 e. The molecule has 0 unspecified atom stereocenters. The van der Waals surface area contributed by atoms with Crippen LogP contribution in [0.4, 0.5) is 13.2 Å². The molecule has 0 aromatic heterocycles. The van der Waals surface area contributed by atoms with Crippen molar-refractivity contribution in [1.82, 2.24) is 0 Å². The minimum Gasteiger partial charge on any atom is -0.542 e. The topological polar surface area (TPSA) is 95.5 Å². The van der Waals surface area contributed by atoms with E-state index in [-0.39, 0.29) is 0 Å². The summed E-state index contributed by atoms with van der Waals surface area (Å²) in [6, 6.07) is 18.6. The molecule has 0 radical (unpaired) electrons. The summed E-state index contributed by atoms with van der Waals surface area (Å²) in [5.41, 5.74) is 0. The van der Waals surface area contributed by atoms with Crippen molar-refractivity contribution in [2.75, 3.05) is 39.6 Å². The Morgan fingerprint density at radius 3 is 1.10 bits per heavy atom. The van der Waals surface area contributed by atoms with E-state index in [2.05, 4.69) is 65.8 Å². The zero-order chi connectivity index (χ0) is 36.9. The number of aliphatic carboxylic acids is 1. The number of rotatable bonds is 21. The van der Waals surface area contributed by atoms with Gasteiger partial charge in [-0.2, -0.15) is 13.2 Å². The number of carbonyl (C=O) groups is 1. The first-order valence-electron chi connectivity index (χ1n) is 17.3. The fourth-order valence-corrected chi connectivity index (χ4v) is 6.67. The maximum atomic E-state index is 10.5. The highest BCUT2D eigenvalue weighted by molar-refractivity contribution is 7.97. The number of hydrogen-bond acceptors (Lipinski definition) is 8. The molecule has 0 aliphatic carbocycles. The van der Waals surface area contributed by atoms with Crippen molar-refractivity contribution in [1.29, 1.82) is 0 Å². The van der Waals surface area contributed by atoms with Crippen LogP contribution in [0.2, 0.25) is 0 Å². The van der Waals surface area contributed by atoms with Crippen molar-refractivity contribution in [2.45, 2.75) is 101 Å². The average Bonchev–Trinajstić information content (AvgIpc) is 3.11. The van der Waals surface area contributed by atoms with Gasteiger partial charge in [0.2, 0.25) is 0 Å². The molecule has 12 heteroatoms. The first kappa shape index (κ1) is 42.2. The van der Waals surface area contributed by atoms with E-state index in [0.717, 1.165) is 87.7 Å². The van der Waals surface area contributed by atoms with Crippen LogP contribution in [0, 0.1) is 0 Å². The molecule has 0 heterocycles. The quantitative estimate of drug-likeness (QED) is 0.101. The largest absolute Gasteiger partial charge is 0.542 e.